The van der Waals surface area contributed by atoms with Crippen LogP contribution in [-0.4, -0.2) is 16.8 Å². The van der Waals surface area contributed by atoms with E-state index in [2.05, 4.69) is 0 Å². The highest BCUT2D eigenvalue weighted by molar-refractivity contribution is 7.20. The minimum absolute atomic E-state index is 0.0811. The summed E-state index contributed by atoms with van der Waals surface area (Å²) in [7, 11) is 0. The molecule has 0 saturated heterocycles. The molecule has 1 saturated carbocycles. The Hall–Kier alpha value is -2.27. The zero-order valence-electron chi connectivity index (χ0n) is 12.8. The normalized spacial score (nSPS) is 14.1. The number of hydrogen-bond donors (Lipinski definition) is 0. The van der Waals surface area contributed by atoms with Crippen LogP contribution in [0.1, 0.15) is 28.1 Å². The van der Waals surface area contributed by atoms with E-state index in [1.807, 2.05) is 30.3 Å². The van der Waals surface area contributed by atoms with Crippen molar-refractivity contribution >= 4 is 27.3 Å². The van der Waals surface area contributed by atoms with Crippen molar-refractivity contribution in [3.05, 3.63) is 70.6 Å². The Labute approximate surface area is 142 Å². The van der Waals surface area contributed by atoms with E-state index in [9.17, 15) is 13.6 Å². The molecule has 2 aromatic carbocycles. The van der Waals surface area contributed by atoms with Crippen molar-refractivity contribution in [2.75, 3.05) is 0 Å². The van der Waals surface area contributed by atoms with E-state index in [0.717, 1.165) is 29.0 Å². The second kappa shape index (κ2) is 5.98. The van der Waals surface area contributed by atoms with Crippen molar-refractivity contribution in [3.63, 3.8) is 0 Å². The molecular weight excluding hydrogens is 328 g/mol. The predicted molar refractivity (Wildman–Crippen MR) is 91.1 cm³/mol. The van der Waals surface area contributed by atoms with Crippen LogP contribution in [0.15, 0.2) is 48.5 Å². The maximum atomic E-state index is 14.0. The molecule has 2 nitrogen and oxygen atoms in total. The van der Waals surface area contributed by atoms with Gasteiger partial charge in [-0.25, -0.2) is 8.78 Å². The van der Waals surface area contributed by atoms with Crippen LogP contribution in [0.2, 0.25) is 0 Å². The van der Waals surface area contributed by atoms with Gasteiger partial charge in [0.15, 0.2) is 0 Å². The first-order chi connectivity index (χ1) is 11.6. The summed E-state index contributed by atoms with van der Waals surface area (Å²) < 4.78 is 28.1. The van der Waals surface area contributed by atoms with Crippen LogP contribution in [0, 0.1) is 11.6 Å². The van der Waals surface area contributed by atoms with Crippen molar-refractivity contribution in [1.82, 2.24) is 4.90 Å². The van der Waals surface area contributed by atoms with Crippen LogP contribution in [-0.2, 0) is 6.54 Å². The number of benzene rings is 2. The molecule has 1 amide bonds. The minimum atomic E-state index is -0.607. The maximum absolute atomic E-state index is 14.0. The first kappa shape index (κ1) is 15.3. The molecule has 3 aromatic rings. The summed E-state index contributed by atoms with van der Waals surface area (Å²) >= 11 is 1.45. The lowest BCUT2D eigenvalue weighted by atomic mass is 10.2. The zero-order valence-corrected chi connectivity index (χ0v) is 13.7. The van der Waals surface area contributed by atoms with Crippen LogP contribution in [0.4, 0.5) is 8.78 Å². The molecule has 0 radical (unpaired) electrons. The minimum Gasteiger partial charge on any atom is -0.331 e. The SMILES string of the molecule is O=C(c1cc2ccccc2s1)N(Cc1ccc(F)cc1F)C1CC1. The highest BCUT2D eigenvalue weighted by atomic mass is 32.1. The van der Waals surface area contributed by atoms with Crippen LogP contribution < -0.4 is 0 Å². The quantitative estimate of drug-likeness (QED) is 0.654. The summed E-state index contributed by atoms with van der Waals surface area (Å²) in [6, 6.07) is 13.4. The van der Waals surface area contributed by atoms with Gasteiger partial charge in [0, 0.05) is 28.9 Å². The van der Waals surface area contributed by atoms with Crippen molar-refractivity contribution in [2.45, 2.75) is 25.4 Å². The number of rotatable bonds is 4. The van der Waals surface area contributed by atoms with Crippen LogP contribution >= 0.6 is 11.3 Å². The number of halogens is 2. The highest BCUT2D eigenvalue weighted by Gasteiger charge is 2.34. The molecular formula is C19H15F2NOS. The third-order valence-corrected chi connectivity index (χ3v) is 5.34. The standard InChI is InChI=1S/C19H15F2NOS/c20-14-6-5-13(16(21)10-14)11-22(15-7-8-15)19(23)18-9-12-3-1-2-4-17(12)24-18/h1-6,9-10,15H,7-8,11H2. The Morgan fingerprint density at radius 1 is 1.12 bits per heavy atom. The monoisotopic (exact) mass is 343 g/mol. The summed E-state index contributed by atoms with van der Waals surface area (Å²) in [4.78, 5) is 15.3. The van der Waals surface area contributed by atoms with Crippen molar-refractivity contribution in [3.8, 4) is 0 Å². The molecule has 1 heterocycles. The summed E-state index contributed by atoms with van der Waals surface area (Å²) in [5, 5.41) is 1.04. The van der Waals surface area contributed by atoms with E-state index in [0.29, 0.717) is 10.4 Å². The molecule has 24 heavy (non-hydrogen) atoms. The Balaban J connectivity index is 1.63. The van der Waals surface area contributed by atoms with Crippen molar-refractivity contribution in [2.24, 2.45) is 0 Å². The van der Waals surface area contributed by atoms with Crippen LogP contribution in [0.25, 0.3) is 10.1 Å². The fourth-order valence-electron chi connectivity index (χ4n) is 2.82. The number of fused-ring (bicyclic) bond motifs is 1. The fourth-order valence-corrected chi connectivity index (χ4v) is 3.83. The molecule has 1 aliphatic carbocycles. The third kappa shape index (κ3) is 2.91. The van der Waals surface area contributed by atoms with Gasteiger partial charge < -0.3 is 4.90 Å². The Kier molecular flexibility index (Phi) is 3.81. The molecule has 0 aliphatic heterocycles. The molecule has 0 bridgehead atoms. The van der Waals surface area contributed by atoms with E-state index in [4.69, 9.17) is 0 Å². The van der Waals surface area contributed by atoms with E-state index in [1.165, 1.54) is 23.5 Å². The summed E-state index contributed by atoms with van der Waals surface area (Å²) in [6.45, 7) is 0.170. The number of nitrogens with zero attached hydrogens (tertiary/aromatic N) is 1. The predicted octanol–water partition coefficient (Wildman–Crippen LogP) is 4.98. The molecule has 1 fully saturated rings. The molecule has 0 unspecified atom stereocenters. The highest BCUT2D eigenvalue weighted by Crippen LogP contribution is 2.33. The van der Waals surface area contributed by atoms with Crippen LogP contribution in [0.5, 0.6) is 0 Å². The van der Waals surface area contributed by atoms with Crippen LogP contribution in [0.3, 0.4) is 0 Å². The van der Waals surface area contributed by atoms with Gasteiger partial charge in [-0.05, 0) is 36.4 Å². The van der Waals surface area contributed by atoms with Gasteiger partial charge in [0.1, 0.15) is 11.6 Å². The lowest BCUT2D eigenvalue weighted by Crippen LogP contribution is -2.32. The van der Waals surface area contributed by atoms with Gasteiger partial charge in [0.05, 0.1) is 4.88 Å². The number of carbonyl (C=O) groups is 1. The van der Waals surface area contributed by atoms with Gasteiger partial charge in [-0.2, -0.15) is 0 Å². The Bertz CT molecular complexity index is 884. The van der Waals surface area contributed by atoms with Gasteiger partial charge in [0.2, 0.25) is 0 Å². The smallest absolute Gasteiger partial charge is 0.264 e. The average Bonchev–Trinajstić information content (AvgIpc) is 3.31. The van der Waals surface area contributed by atoms with E-state index in [-0.39, 0.29) is 18.5 Å². The number of amides is 1. The summed E-state index contributed by atoms with van der Waals surface area (Å²) in [5.74, 6) is -1.29. The summed E-state index contributed by atoms with van der Waals surface area (Å²) in [6.07, 6.45) is 1.86. The summed E-state index contributed by atoms with van der Waals surface area (Å²) in [5.41, 5.74) is 0.345. The first-order valence-corrected chi connectivity index (χ1v) is 8.67. The van der Waals surface area contributed by atoms with Gasteiger partial charge in [0.25, 0.3) is 5.91 Å². The van der Waals surface area contributed by atoms with Gasteiger partial charge in [-0.3, -0.25) is 4.79 Å². The molecule has 122 valence electrons. The molecule has 4 rings (SSSR count). The number of hydrogen-bond acceptors (Lipinski definition) is 2. The van der Waals surface area contributed by atoms with E-state index >= 15 is 0 Å². The number of thiophene rings is 1. The second-order valence-electron chi connectivity index (χ2n) is 6.05. The zero-order chi connectivity index (χ0) is 16.7. The van der Waals surface area contributed by atoms with Gasteiger partial charge in [-0.1, -0.05) is 24.3 Å². The molecule has 5 heteroatoms. The molecule has 1 aliphatic rings. The average molecular weight is 343 g/mol. The lowest BCUT2D eigenvalue weighted by Gasteiger charge is -2.22. The number of carbonyl (C=O) groups excluding carboxylic acids is 1. The topological polar surface area (TPSA) is 20.3 Å². The van der Waals surface area contributed by atoms with E-state index < -0.39 is 11.6 Å². The van der Waals surface area contributed by atoms with Gasteiger partial charge >= 0.3 is 0 Å². The second-order valence-corrected chi connectivity index (χ2v) is 7.13. The lowest BCUT2D eigenvalue weighted by molar-refractivity contribution is 0.0733. The third-order valence-electron chi connectivity index (χ3n) is 4.24. The molecule has 1 aromatic heterocycles. The first-order valence-electron chi connectivity index (χ1n) is 7.85. The largest absolute Gasteiger partial charge is 0.331 e. The Morgan fingerprint density at radius 2 is 1.92 bits per heavy atom. The van der Waals surface area contributed by atoms with E-state index in [1.54, 1.807) is 4.90 Å². The fraction of sp³-hybridized carbons (Fsp3) is 0.211. The molecule has 0 atom stereocenters. The van der Waals surface area contributed by atoms with Crippen molar-refractivity contribution in [1.29, 1.82) is 0 Å². The van der Waals surface area contributed by atoms with Crippen molar-refractivity contribution < 1.29 is 13.6 Å². The maximum Gasteiger partial charge on any atom is 0.264 e. The van der Waals surface area contributed by atoms with Gasteiger partial charge in [-0.15, -0.1) is 11.3 Å². The Morgan fingerprint density at radius 3 is 2.62 bits per heavy atom. The molecule has 0 spiro atoms. The molecule has 0 N–H and O–H groups in total.